The summed E-state index contributed by atoms with van der Waals surface area (Å²) in [6.07, 6.45) is 21.8. The Morgan fingerprint density at radius 2 is 1.44 bits per heavy atom. The minimum atomic E-state index is 0.341. The van der Waals surface area contributed by atoms with Crippen molar-refractivity contribution in [2.45, 2.75) is 114 Å². The van der Waals surface area contributed by atoms with Gasteiger partial charge in [0.25, 0.3) is 0 Å². The van der Waals surface area contributed by atoms with Gasteiger partial charge in [0.15, 0.2) is 0 Å². The predicted molar refractivity (Wildman–Crippen MR) is 117 cm³/mol. The van der Waals surface area contributed by atoms with Crippen LogP contribution in [0.25, 0.3) is 0 Å². The summed E-state index contributed by atoms with van der Waals surface area (Å²) in [5.74, 6) is 0.699. The number of aliphatic hydroxyl groups excluding tert-OH is 1. The number of hydrogen-bond acceptors (Lipinski definition) is 2. The van der Waals surface area contributed by atoms with Crippen molar-refractivity contribution in [3.8, 4) is 0 Å². The zero-order valence-electron chi connectivity index (χ0n) is 17.4. The van der Waals surface area contributed by atoms with Crippen molar-refractivity contribution in [2.75, 3.05) is 20.7 Å². The summed E-state index contributed by atoms with van der Waals surface area (Å²) >= 11 is 4.07. The van der Waals surface area contributed by atoms with Crippen LogP contribution in [0, 0.1) is 5.92 Å². The summed E-state index contributed by atoms with van der Waals surface area (Å²) in [6, 6.07) is 0. The van der Waals surface area contributed by atoms with E-state index in [-0.39, 0.29) is 0 Å². The smallest absolute Gasteiger partial charge is 0.0434 e. The van der Waals surface area contributed by atoms with Crippen molar-refractivity contribution in [1.29, 1.82) is 0 Å². The molecule has 0 amide bonds. The maximum Gasteiger partial charge on any atom is 0.0434 e. The number of unbranched alkanes of at least 4 members (excludes halogenated alkanes) is 9. The second kappa shape index (κ2) is 17.8. The Labute approximate surface area is 167 Å². The van der Waals surface area contributed by atoms with Crippen molar-refractivity contribution in [1.82, 2.24) is 5.32 Å². The molecule has 1 rings (SSSR count). The van der Waals surface area contributed by atoms with Gasteiger partial charge in [-0.15, -0.1) is 0 Å². The Hall–Kier alpha value is 0.400. The lowest BCUT2D eigenvalue weighted by Crippen LogP contribution is -2.35. The molecule has 152 valence electrons. The molecule has 0 aliphatic heterocycles. The molecule has 0 spiro atoms. The topological polar surface area (TPSA) is 32.3 Å². The molecule has 0 bridgehead atoms. The molecule has 2 nitrogen and oxygen atoms in total. The molecule has 2 N–H and O–H groups in total. The van der Waals surface area contributed by atoms with Crippen molar-refractivity contribution in [3.05, 3.63) is 0 Å². The molecular weight excluding hydrogens is 374 g/mol. The highest BCUT2D eigenvalue weighted by Gasteiger charge is 2.37. The Bertz CT molecular complexity index is 273. The fraction of sp³-hybridized carbons (Fsp3) is 1.00. The lowest BCUT2D eigenvalue weighted by Gasteiger charge is -2.40. The number of alkyl halides is 1. The first-order valence-corrected chi connectivity index (χ1v) is 11.8. The fourth-order valence-electron chi connectivity index (χ4n) is 4.07. The summed E-state index contributed by atoms with van der Waals surface area (Å²) in [6.45, 7) is 2.64. The molecule has 0 radical (unpaired) electrons. The van der Waals surface area contributed by atoms with Crippen LogP contribution >= 0.6 is 15.9 Å². The maximum atomic E-state index is 9.28. The van der Waals surface area contributed by atoms with Gasteiger partial charge in [0.1, 0.15) is 0 Å². The minimum absolute atomic E-state index is 0.341. The van der Waals surface area contributed by atoms with E-state index in [2.05, 4.69) is 28.2 Å². The van der Waals surface area contributed by atoms with Gasteiger partial charge in [-0.2, -0.15) is 0 Å². The highest BCUT2D eigenvalue weighted by molar-refractivity contribution is 9.10. The van der Waals surface area contributed by atoms with Gasteiger partial charge in [-0.25, -0.2) is 0 Å². The number of halogens is 1. The Kier molecular flexibility index (Phi) is 18.1. The monoisotopic (exact) mass is 419 g/mol. The molecule has 2 atom stereocenters. The SMILES string of the molecule is CCCCCCCCCCCCC1(Br)CCCCC1CCO.CNC. The van der Waals surface area contributed by atoms with Crippen LogP contribution in [0.5, 0.6) is 0 Å². The third kappa shape index (κ3) is 13.2. The van der Waals surface area contributed by atoms with Crippen LogP contribution in [-0.4, -0.2) is 30.1 Å². The molecule has 1 fully saturated rings. The molecule has 3 heteroatoms. The third-order valence-corrected chi connectivity index (χ3v) is 6.99. The quantitative estimate of drug-likeness (QED) is 0.253. The summed E-state index contributed by atoms with van der Waals surface area (Å²) in [5.41, 5.74) is 0. The Balaban J connectivity index is 0.00000178. The van der Waals surface area contributed by atoms with E-state index in [9.17, 15) is 5.11 Å². The summed E-state index contributed by atoms with van der Waals surface area (Å²) in [4.78, 5) is 0. The molecule has 2 unspecified atom stereocenters. The van der Waals surface area contributed by atoms with E-state index >= 15 is 0 Å². The highest BCUT2D eigenvalue weighted by Crippen LogP contribution is 2.45. The Morgan fingerprint density at radius 1 is 0.920 bits per heavy atom. The average molecular weight is 421 g/mol. The van der Waals surface area contributed by atoms with E-state index in [4.69, 9.17) is 0 Å². The summed E-state index contributed by atoms with van der Waals surface area (Å²) in [5, 5.41) is 12.0. The molecule has 1 saturated carbocycles. The van der Waals surface area contributed by atoms with Crippen LogP contribution in [0.15, 0.2) is 0 Å². The van der Waals surface area contributed by atoms with Gasteiger partial charge in [0, 0.05) is 10.9 Å². The van der Waals surface area contributed by atoms with E-state index in [1.807, 2.05) is 14.1 Å². The van der Waals surface area contributed by atoms with Gasteiger partial charge in [-0.05, 0) is 45.7 Å². The molecule has 0 aromatic heterocycles. The first kappa shape index (κ1) is 25.4. The Morgan fingerprint density at radius 3 is 1.96 bits per heavy atom. The van der Waals surface area contributed by atoms with Crippen LogP contribution in [0.4, 0.5) is 0 Å². The number of rotatable bonds is 13. The van der Waals surface area contributed by atoms with Gasteiger partial charge < -0.3 is 10.4 Å². The van der Waals surface area contributed by atoms with Crippen LogP contribution in [0.2, 0.25) is 0 Å². The standard InChI is InChI=1S/C20H39BrO.C2H7N/c1-2-3-4-5-6-7-8-9-10-12-16-20(21)17-13-11-14-19(20)15-18-22;1-3-2/h19,22H,2-18H2,1H3;3H,1-2H3. The fourth-order valence-corrected chi connectivity index (χ4v) is 5.09. The van der Waals surface area contributed by atoms with Crippen molar-refractivity contribution in [3.63, 3.8) is 0 Å². The summed E-state index contributed by atoms with van der Waals surface area (Å²) < 4.78 is 0.341. The van der Waals surface area contributed by atoms with Gasteiger partial charge in [-0.1, -0.05) is 99.9 Å². The molecular formula is C22H46BrNO. The molecule has 1 aliphatic carbocycles. The highest BCUT2D eigenvalue weighted by atomic mass is 79.9. The molecule has 1 aliphatic rings. The third-order valence-electron chi connectivity index (χ3n) is 5.55. The van der Waals surface area contributed by atoms with Crippen molar-refractivity contribution in [2.24, 2.45) is 5.92 Å². The number of aliphatic hydroxyl groups is 1. The van der Waals surface area contributed by atoms with Gasteiger partial charge in [0.05, 0.1) is 0 Å². The lowest BCUT2D eigenvalue weighted by molar-refractivity contribution is 0.191. The van der Waals surface area contributed by atoms with Crippen molar-refractivity contribution < 1.29 is 5.11 Å². The lowest BCUT2D eigenvalue weighted by atomic mass is 9.75. The van der Waals surface area contributed by atoms with E-state index in [1.165, 1.54) is 96.3 Å². The van der Waals surface area contributed by atoms with Crippen molar-refractivity contribution >= 4 is 15.9 Å². The molecule has 0 aromatic carbocycles. The zero-order chi connectivity index (χ0) is 18.8. The van der Waals surface area contributed by atoms with Gasteiger partial charge >= 0.3 is 0 Å². The largest absolute Gasteiger partial charge is 0.396 e. The first-order valence-electron chi connectivity index (χ1n) is 11.0. The van der Waals surface area contributed by atoms with Crippen LogP contribution in [0.1, 0.15) is 110 Å². The number of hydrogen-bond donors (Lipinski definition) is 2. The second-order valence-corrected chi connectivity index (χ2v) is 9.50. The summed E-state index contributed by atoms with van der Waals surface area (Å²) in [7, 11) is 3.75. The van der Waals surface area contributed by atoms with Crippen LogP contribution < -0.4 is 5.32 Å². The molecule has 0 heterocycles. The zero-order valence-corrected chi connectivity index (χ0v) is 19.0. The number of nitrogens with one attached hydrogen (secondary N) is 1. The maximum absolute atomic E-state index is 9.28. The van der Waals surface area contributed by atoms with E-state index in [1.54, 1.807) is 0 Å². The minimum Gasteiger partial charge on any atom is -0.396 e. The van der Waals surface area contributed by atoms with Gasteiger partial charge in [-0.3, -0.25) is 0 Å². The second-order valence-electron chi connectivity index (χ2n) is 7.92. The van der Waals surface area contributed by atoms with E-state index in [0.717, 1.165) is 6.42 Å². The molecule has 25 heavy (non-hydrogen) atoms. The van der Waals surface area contributed by atoms with Crippen LogP contribution in [0.3, 0.4) is 0 Å². The first-order chi connectivity index (χ1) is 12.1. The molecule has 0 aromatic rings. The normalized spacial score (nSPS) is 23.2. The van der Waals surface area contributed by atoms with E-state index in [0.29, 0.717) is 16.8 Å². The molecule has 0 saturated heterocycles. The van der Waals surface area contributed by atoms with E-state index < -0.39 is 0 Å². The average Bonchev–Trinajstić information content (AvgIpc) is 2.60. The van der Waals surface area contributed by atoms with Gasteiger partial charge in [0.2, 0.25) is 0 Å². The van der Waals surface area contributed by atoms with Crippen LogP contribution in [-0.2, 0) is 0 Å². The predicted octanol–water partition coefficient (Wildman–Crippen LogP) is 6.84.